The van der Waals surface area contributed by atoms with E-state index in [9.17, 15) is 0 Å². The largest absolute Gasteiger partial charge is 0.314 e. The summed E-state index contributed by atoms with van der Waals surface area (Å²) in [6.07, 6.45) is 5.13. The zero-order valence-electron chi connectivity index (χ0n) is 13.0. The maximum Gasteiger partial charge on any atom is 0.0548 e. The minimum absolute atomic E-state index is 0. The summed E-state index contributed by atoms with van der Waals surface area (Å²) in [6, 6.07) is 6.92. The Hall–Kier alpha value is 0.490. The molecule has 2 rings (SSSR count). The standard InChI is InChI=1S/C16H24BrClN2.2ClH/c1-2-3-4-5-16(20-10-8-19-9-11-20)13-6-7-15(18)14(17)12-13;;/h6-7,12,16,19H,2-5,8-11H2,1H3;2*1H/t16-;;/m0../s1. The molecule has 2 nitrogen and oxygen atoms in total. The highest BCUT2D eigenvalue weighted by molar-refractivity contribution is 9.10. The van der Waals surface area contributed by atoms with Crippen molar-refractivity contribution in [3.63, 3.8) is 0 Å². The van der Waals surface area contributed by atoms with Crippen LogP contribution in [-0.4, -0.2) is 31.1 Å². The van der Waals surface area contributed by atoms with E-state index in [-0.39, 0.29) is 24.8 Å². The first-order chi connectivity index (χ1) is 9.72. The number of benzene rings is 1. The second-order valence-corrected chi connectivity index (χ2v) is 6.73. The van der Waals surface area contributed by atoms with Gasteiger partial charge in [0.15, 0.2) is 0 Å². The van der Waals surface area contributed by atoms with Gasteiger partial charge in [-0.3, -0.25) is 4.90 Å². The first kappa shape index (κ1) is 22.5. The Kier molecular flexibility index (Phi) is 12.2. The van der Waals surface area contributed by atoms with E-state index in [1.165, 1.54) is 31.2 Å². The van der Waals surface area contributed by atoms with Gasteiger partial charge in [-0.05, 0) is 40.0 Å². The van der Waals surface area contributed by atoms with Gasteiger partial charge in [0.05, 0.1) is 5.02 Å². The predicted molar refractivity (Wildman–Crippen MR) is 105 cm³/mol. The number of piperazine rings is 1. The molecule has 0 unspecified atom stereocenters. The number of nitrogens with zero attached hydrogens (tertiary/aromatic N) is 1. The van der Waals surface area contributed by atoms with Crippen molar-refractivity contribution in [3.8, 4) is 0 Å². The number of hydrogen-bond acceptors (Lipinski definition) is 2. The van der Waals surface area contributed by atoms with Crippen LogP contribution in [0.5, 0.6) is 0 Å². The van der Waals surface area contributed by atoms with Gasteiger partial charge in [0.25, 0.3) is 0 Å². The molecule has 1 heterocycles. The number of halogens is 4. The molecule has 0 saturated carbocycles. The molecular formula is C16H26BrCl3N2. The molecule has 1 aliphatic rings. The van der Waals surface area contributed by atoms with Crippen molar-refractivity contribution in [1.82, 2.24) is 10.2 Å². The highest BCUT2D eigenvalue weighted by atomic mass is 79.9. The van der Waals surface area contributed by atoms with Crippen LogP contribution in [0.3, 0.4) is 0 Å². The molecule has 1 fully saturated rings. The van der Waals surface area contributed by atoms with Gasteiger partial charge in [-0.25, -0.2) is 0 Å². The summed E-state index contributed by atoms with van der Waals surface area (Å²) in [7, 11) is 0. The molecule has 0 aromatic heterocycles. The molecule has 1 aliphatic heterocycles. The lowest BCUT2D eigenvalue weighted by Gasteiger charge is -2.35. The van der Waals surface area contributed by atoms with Crippen LogP contribution in [0.4, 0.5) is 0 Å². The molecule has 0 radical (unpaired) electrons. The zero-order chi connectivity index (χ0) is 14.4. The lowest BCUT2D eigenvalue weighted by molar-refractivity contribution is 0.162. The summed E-state index contributed by atoms with van der Waals surface area (Å²) in [5.74, 6) is 0. The van der Waals surface area contributed by atoms with Crippen molar-refractivity contribution >= 4 is 52.3 Å². The van der Waals surface area contributed by atoms with E-state index in [0.717, 1.165) is 35.7 Å². The molecule has 1 atom stereocenters. The van der Waals surface area contributed by atoms with Crippen molar-refractivity contribution in [2.75, 3.05) is 26.2 Å². The molecule has 0 bridgehead atoms. The zero-order valence-corrected chi connectivity index (χ0v) is 17.0. The highest BCUT2D eigenvalue weighted by Gasteiger charge is 2.22. The third kappa shape index (κ3) is 6.54. The van der Waals surface area contributed by atoms with E-state index < -0.39 is 0 Å². The van der Waals surface area contributed by atoms with Gasteiger partial charge < -0.3 is 5.32 Å². The third-order valence-corrected chi connectivity index (χ3v) is 5.22. The van der Waals surface area contributed by atoms with E-state index in [1.54, 1.807) is 0 Å². The average Bonchev–Trinajstić information content (AvgIpc) is 2.48. The molecular weight excluding hydrogens is 406 g/mol. The van der Waals surface area contributed by atoms with Crippen molar-refractivity contribution in [2.45, 2.75) is 38.6 Å². The third-order valence-electron chi connectivity index (χ3n) is 4.00. The molecule has 0 amide bonds. The van der Waals surface area contributed by atoms with Crippen LogP contribution < -0.4 is 5.32 Å². The monoisotopic (exact) mass is 430 g/mol. The van der Waals surface area contributed by atoms with Crippen LogP contribution in [0, 0.1) is 0 Å². The fourth-order valence-corrected chi connectivity index (χ4v) is 3.38. The summed E-state index contributed by atoms with van der Waals surface area (Å²) >= 11 is 9.68. The Balaban J connectivity index is 0.00000220. The maximum atomic E-state index is 6.13. The number of unbranched alkanes of at least 4 members (excludes halogenated alkanes) is 2. The summed E-state index contributed by atoms with van der Waals surface area (Å²) < 4.78 is 1.01. The van der Waals surface area contributed by atoms with E-state index in [0.29, 0.717) is 6.04 Å². The van der Waals surface area contributed by atoms with Crippen molar-refractivity contribution < 1.29 is 0 Å². The molecule has 1 saturated heterocycles. The van der Waals surface area contributed by atoms with Crippen LogP contribution >= 0.6 is 52.3 Å². The average molecular weight is 433 g/mol. The SMILES string of the molecule is CCCCC[C@@H](c1ccc(Cl)c(Br)c1)N1CCNCC1.Cl.Cl. The first-order valence-corrected chi connectivity index (χ1v) is 8.79. The fourth-order valence-electron chi connectivity index (χ4n) is 2.86. The van der Waals surface area contributed by atoms with Gasteiger partial charge in [-0.1, -0.05) is 43.9 Å². The van der Waals surface area contributed by atoms with Crippen LogP contribution in [0.25, 0.3) is 0 Å². The Morgan fingerprint density at radius 2 is 1.91 bits per heavy atom. The Morgan fingerprint density at radius 3 is 2.50 bits per heavy atom. The summed E-state index contributed by atoms with van der Waals surface area (Å²) in [4.78, 5) is 2.61. The maximum absolute atomic E-state index is 6.13. The second-order valence-electron chi connectivity index (χ2n) is 5.47. The van der Waals surface area contributed by atoms with Crippen molar-refractivity contribution in [2.24, 2.45) is 0 Å². The minimum Gasteiger partial charge on any atom is -0.314 e. The Morgan fingerprint density at radius 1 is 1.23 bits per heavy atom. The second kappa shape index (κ2) is 11.9. The fraction of sp³-hybridized carbons (Fsp3) is 0.625. The van der Waals surface area contributed by atoms with E-state index in [2.05, 4.69) is 45.2 Å². The predicted octanol–water partition coefficient (Wildman–Crippen LogP) is 5.47. The summed E-state index contributed by atoms with van der Waals surface area (Å²) in [5, 5.41) is 4.23. The van der Waals surface area contributed by atoms with E-state index >= 15 is 0 Å². The highest BCUT2D eigenvalue weighted by Crippen LogP contribution is 2.31. The molecule has 128 valence electrons. The van der Waals surface area contributed by atoms with Gasteiger partial charge in [-0.2, -0.15) is 0 Å². The molecule has 1 aromatic rings. The molecule has 1 N–H and O–H groups in total. The molecule has 6 heteroatoms. The van der Waals surface area contributed by atoms with E-state index in [1.807, 2.05) is 6.07 Å². The summed E-state index contributed by atoms with van der Waals surface area (Å²) in [6.45, 7) is 6.73. The van der Waals surface area contributed by atoms with Gasteiger partial charge in [0, 0.05) is 36.7 Å². The van der Waals surface area contributed by atoms with Gasteiger partial charge in [0.2, 0.25) is 0 Å². The minimum atomic E-state index is 0. The lowest BCUT2D eigenvalue weighted by atomic mass is 9.98. The lowest BCUT2D eigenvalue weighted by Crippen LogP contribution is -2.45. The van der Waals surface area contributed by atoms with Crippen molar-refractivity contribution in [3.05, 3.63) is 33.3 Å². The molecule has 1 aromatic carbocycles. The Labute approximate surface area is 160 Å². The quantitative estimate of drug-likeness (QED) is 0.600. The van der Waals surface area contributed by atoms with Gasteiger partial charge in [-0.15, -0.1) is 24.8 Å². The van der Waals surface area contributed by atoms with Crippen LogP contribution in [0.1, 0.15) is 44.2 Å². The topological polar surface area (TPSA) is 15.3 Å². The molecule has 22 heavy (non-hydrogen) atoms. The smallest absolute Gasteiger partial charge is 0.0548 e. The van der Waals surface area contributed by atoms with Crippen molar-refractivity contribution in [1.29, 1.82) is 0 Å². The number of rotatable bonds is 6. The number of nitrogens with one attached hydrogen (secondary N) is 1. The first-order valence-electron chi connectivity index (χ1n) is 7.62. The van der Waals surface area contributed by atoms with Gasteiger partial charge in [0.1, 0.15) is 0 Å². The van der Waals surface area contributed by atoms with Gasteiger partial charge >= 0.3 is 0 Å². The number of hydrogen-bond donors (Lipinski definition) is 1. The Bertz CT molecular complexity index is 426. The van der Waals surface area contributed by atoms with E-state index in [4.69, 9.17) is 11.6 Å². The molecule has 0 spiro atoms. The normalized spacial score (nSPS) is 16.5. The van der Waals surface area contributed by atoms with Crippen LogP contribution in [-0.2, 0) is 0 Å². The van der Waals surface area contributed by atoms with Crippen LogP contribution in [0.15, 0.2) is 22.7 Å². The molecule has 0 aliphatic carbocycles. The summed E-state index contributed by atoms with van der Waals surface area (Å²) in [5.41, 5.74) is 1.39. The van der Waals surface area contributed by atoms with Crippen LogP contribution in [0.2, 0.25) is 5.02 Å².